The molecule has 1 aromatic heterocycles. The van der Waals surface area contributed by atoms with E-state index in [4.69, 9.17) is 4.74 Å². The van der Waals surface area contributed by atoms with Crippen LogP contribution in [0.25, 0.3) is 0 Å². The van der Waals surface area contributed by atoms with Crippen LogP contribution in [-0.4, -0.2) is 38.4 Å². The number of carbonyl (C=O) groups is 1. The van der Waals surface area contributed by atoms with E-state index < -0.39 is 0 Å². The Morgan fingerprint density at radius 3 is 2.79 bits per heavy atom. The Kier molecular flexibility index (Phi) is 3.84. The number of aromatic nitrogens is 3. The monoisotopic (exact) mass is 345 g/mol. The summed E-state index contributed by atoms with van der Waals surface area (Å²) in [5.41, 5.74) is 0. The maximum Gasteiger partial charge on any atom is 0.320 e. The molecular formula is C12H16BrN3O2S. The number of hydrogen-bond acceptors (Lipinski definition) is 5. The molecule has 2 fully saturated rings. The molecule has 1 unspecified atom stereocenters. The predicted octanol–water partition coefficient (Wildman–Crippen LogP) is 2.52. The van der Waals surface area contributed by atoms with Crippen LogP contribution in [0.1, 0.15) is 43.5 Å². The molecule has 2 aliphatic carbocycles. The Morgan fingerprint density at radius 1 is 1.47 bits per heavy atom. The highest BCUT2D eigenvalue weighted by Gasteiger charge is 2.36. The Hall–Kier alpha value is -0.560. The van der Waals surface area contributed by atoms with Gasteiger partial charge in [0.05, 0.1) is 7.11 Å². The molecule has 5 nitrogen and oxygen atoms in total. The van der Waals surface area contributed by atoms with E-state index in [0.717, 1.165) is 11.0 Å². The zero-order valence-corrected chi connectivity index (χ0v) is 13.1. The first-order valence-electron chi connectivity index (χ1n) is 6.50. The molecule has 0 amide bonds. The summed E-state index contributed by atoms with van der Waals surface area (Å²) in [6, 6.07) is 0.583. The number of halogens is 1. The summed E-state index contributed by atoms with van der Waals surface area (Å²) < 4.78 is 6.99. The molecule has 2 aliphatic rings. The first kappa shape index (κ1) is 13.4. The molecule has 0 aromatic carbocycles. The molecule has 1 aromatic rings. The number of carbonyl (C=O) groups excluding carboxylic acids is 1. The number of thioether (sulfide) groups is 1. The molecule has 104 valence electrons. The van der Waals surface area contributed by atoms with Crippen molar-refractivity contribution < 1.29 is 9.53 Å². The molecule has 1 heterocycles. The quantitative estimate of drug-likeness (QED) is 0.450. The van der Waals surface area contributed by atoms with Gasteiger partial charge < -0.3 is 9.30 Å². The standard InChI is InChI=1S/C12H16BrN3O2S/c1-18-11(17)9(13)6-19-12-15-14-10(7-2-3-7)16(12)8-4-5-8/h7-9H,2-6H2,1H3. The van der Waals surface area contributed by atoms with E-state index in [9.17, 15) is 4.79 Å². The van der Waals surface area contributed by atoms with E-state index in [2.05, 4.69) is 30.7 Å². The largest absolute Gasteiger partial charge is 0.468 e. The van der Waals surface area contributed by atoms with Crippen LogP contribution in [0, 0.1) is 0 Å². The Morgan fingerprint density at radius 2 is 2.21 bits per heavy atom. The summed E-state index contributed by atoms with van der Waals surface area (Å²) in [7, 11) is 1.40. The molecule has 0 aliphatic heterocycles. The van der Waals surface area contributed by atoms with E-state index in [1.54, 1.807) is 11.8 Å². The number of methoxy groups -OCH3 is 1. The van der Waals surface area contributed by atoms with Gasteiger partial charge in [0.15, 0.2) is 5.16 Å². The lowest BCUT2D eigenvalue weighted by atomic mass is 10.4. The zero-order valence-electron chi connectivity index (χ0n) is 10.7. The van der Waals surface area contributed by atoms with Gasteiger partial charge in [0, 0.05) is 17.7 Å². The number of esters is 1. The van der Waals surface area contributed by atoms with Crippen molar-refractivity contribution in [1.82, 2.24) is 14.8 Å². The SMILES string of the molecule is COC(=O)C(Br)CSc1nnc(C2CC2)n1C1CC1. The Balaban J connectivity index is 1.68. The third kappa shape index (κ3) is 2.97. The van der Waals surface area contributed by atoms with E-state index in [-0.39, 0.29) is 10.8 Å². The first-order valence-corrected chi connectivity index (χ1v) is 8.40. The highest BCUT2D eigenvalue weighted by atomic mass is 79.9. The molecule has 0 saturated heterocycles. The van der Waals surface area contributed by atoms with Crippen LogP contribution < -0.4 is 0 Å². The van der Waals surface area contributed by atoms with Crippen molar-refractivity contribution in [3.63, 3.8) is 0 Å². The summed E-state index contributed by atoms with van der Waals surface area (Å²) >= 11 is 4.91. The summed E-state index contributed by atoms with van der Waals surface area (Å²) in [6.45, 7) is 0. The summed E-state index contributed by atoms with van der Waals surface area (Å²) in [5.74, 6) is 2.13. The van der Waals surface area contributed by atoms with Crippen LogP contribution in [-0.2, 0) is 9.53 Å². The lowest BCUT2D eigenvalue weighted by molar-refractivity contribution is -0.139. The molecule has 0 spiro atoms. The maximum atomic E-state index is 11.4. The first-order chi connectivity index (χ1) is 9.20. The van der Waals surface area contributed by atoms with Crippen LogP contribution in [0.4, 0.5) is 0 Å². The fraction of sp³-hybridized carbons (Fsp3) is 0.750. The van der Waals surface area contributed by atoms with Gasteiger partial charge in [-0.05, 0) is 25.7 Å². The molecule has 0 bridgehead atoms. The van der Waals surface area contributed by atoms with Crippen LogP contribution in [0.5, 0.6) is 0 Å². The lowest BCUT2D eigenvalue weighted by Crippen LogP contribution is -2.18. The van der Waals surface area contributed by atoms with Crippen molar-refractivity contribution >= 4 is 33.7 Å². The number of alkyl halides is 1. The summed E-state index contributed by atoms with van der Waals surface area (Å²) in [6.07, 6.45) is 4.91. The van der Waals surface area contributed by atoms with Gasteiger partial charge in [0.2, 0.25) is 0 Å². The number of hydrogen-bond donors (Lipinski definition) is 0. The molecule has 19 heavy (non-hydrogen) atoms. The lowest BCUT2D eigenvalue weighted by Gasteiger charge is -2.09. The minimum Gasteiger partial charge on any atom is -0.468 e. The van der Waals surface area contributed by atoms with Crippen molar-refractivity contribution in [3.8, 4) is 0 Å². The van der Waals surface area contributed by atoms with Gasteiger partial charge in [-0.3, -0.25) is 4.79 Å². The Labute approximate surface area is 124 Å². The minimum absolute atomic E-state index is 0.243. The zero-order chi connectivity index (χ0) is 13.4. The number of ether oxygens (including phenoxy) is 1. The fourth-order valence-corrected chi connectivity index (χ4v) is 3.52. The average molecular weight is 346 g/mol. The highest BCUT2D eigenvalue weighted by molar-refractivity contribution is 9.10. The second kappa shape index (κ2) is 5.44. The van der Waals surface area contributed by atoms with Crippen molar-refractivity contribution in [2.24, 2.45) is 0 Å². The van der Waals surface area contributed by atoms with E-state index in [1.165, 1.54) is 32.8 Å². The van der Waals surface area contributed by atoms with Gasteiger partial charge in [-0.25, -0.2) is 0 Å². The van der Waals surface area contributed by atoms with Gasteiger partial charge in [0.25, 0.3) is 0 Å². The van der Waals surface area contributed by atoms with E-state index >= 15 is 0 Å². The Bertz CT molecular complexity index is 485. The molecule has 1 atom stereocenters. The predicted molar refractivity (Wildman–Crippen MR) is 75.7 cm³/mol. The minimum atomic E-state index is -0.295. The third-order valence-electron chi connectivity index (χ3n) is 3.36. The van der Waals surface area contributed by atoms with Crippen molar-refractivity contribution in [2.75, 3.05) is 12.9 Å². The van der Waals surface area contributed by atoms with Crippen LogP contribution in [0.2, 0.25) is 0 Å². The molecule has 2 saturated carbocycles. The van der Waals surface area contributed by atoms with Crippen LogP contribution in [0.3, 0.4) is 0 Å². The molecule has 7 heteroatoms. The molecule has 3 rings (SSSR count). The second-order valence-corrected chi connectivity index (χ2v) is 7.11. The van der Waals surface area contributed by atoms with Gasteiger partial charge >= 0.3 is 5.97 Å². The number of nitrogens with zero attached hydrogens (tertiary/aromatic N) is 3. The summed E-state index contributed by atoms with van der Waals surface area (Å²) in [5, 5.41) is 9.58. The average Bonchev–Trinajstić information content (AvgIpc) is 3.33. The van der Waals surface area contributed by atoms with Gasteiger partial charge in [-0.2, -0.15) is 0 Å². The highest BCUT2D eigenvalue weighted by Crippen LogP contribution is 2.46. The van der Waals surface area contributed by atoms with E-state index in [1.807, 2.05) is 0 Å². The topological polar surface area (TPSA) is 57.0 Å². The van der Waals surface area contributed by atoms with Gasteiger partial charge in [-0.15, -0.1) is 10.2 Å². The number of rotatable bonds is 6. The van der Waals surface area contributed by atoms with Crippen molar-refractivity contribution in [3.05, 3.63) is 5.82 Å². The van der Waals surface area contributed by atoms with Crippen molar-refractivity contribution in [2.45, 2.75) is 47.6 Å². The third-order valence-corrected chi connectivity index (χ3v) is 5.52. The van der Waals surface area contributed by atoms with Gasteiger partial charge in [0.1, 0.15) is 10.7 Å². The van der Waals surface area contributed by atoms with E-state index in [0.29, 0.717) is 17.7 Å². The van der Waals surface area contributed by atoms with Crippen molar-refractivity contribution in [1.29, 1.82) is 0 Å². The second-order valence-electron chi connectivity index (χ2n) is 5.02. The van der Waals surface area contributed by atoms with Crippen LogP contribution in [0.15, 0.2) is 5.16 Å². The van der Waals surface area contributed by atoms with Crippen LogP contribution >= 0.6 is 27.7 Å². The fourth-order valence-electron chi connectivity index (χ4n) is 2.03. The molecule has 0 radical (unpaired) electrons. The molecular weight excluding hydrogens is 330 g/mol. The normalized spacial score (nSPS) is 20.3. The smallest absolute Gasteiger partial charge is 0.320 e. The molecule has 0 N–H and O–H groups in total. The summed E-state index contributed by atoms with van der Waals surface area (Å²) in [4.78, 5) is 11.1. The maximum absolute atomic E-state index is 11.4. The van der Waals surface area contributed by atoms with Gasteiger partial charge in [-0.1, -0.05) is 27.7 Å².